The van der Waals surface area contributed by atoms with Crippen LogP contribution in [-0.2, 0) is 16.2 Å². The van der Waals surface area contributed by atoms with E-state index in [2.05, 4.69) is 229 Å². The first-order valence-electron chi connectivity index (χ1n) is 22.4. The highest BCUT2D eigenvalue weighted by Crippen LogP contribution is 2.54. The van der Waals surface area contributed by atoms with E-state index in [0.29, 0.717) is 0 Å². The second kappa shape index (κ2) is 12.7. The summed E-state index contributed by atoms with van der Waals surface area (Å²) in [5, 5.41) is 2.66. The molecule has 0 bridgehead atoms. The Morgan fingerprint density at radius 1 is 0.452 bits per heavy atom. The van der Waals surface area contributed by atoms with Gasteiger partial charge >= 0.3 is 6.85 Å². The fourth-order valence-electron chi connectivity index (χ4n) is 11.1. The minimum Gasteiger partial charge on any atom is -0.376 e. The van der Waals surface area contributed by atoms with Crippen LogP contribution in [0.2, 0.25) is 0 Å². The van der Waals surface area contributed by atoms with E-state index in [4.69, 9.17) is 0 Å². The Morgan fingerprint density at radius 3 is 1.77 bits per heavy atom. The molecule has 62 heavy (non-hydrogen) atoms. The summed E-state index contributed by atoms with van der Waals surface area (Å²) in [6, 6.07) is 62.7. The molecule has 0 spiro atoms. The topological polar surface area (TPSA) is 8.17 Å². The summed E-state index contributed by atoms with van der Waals surface area (Å²) < 4.78 is 2.63. The summed E-state index contributed by atoms with van der Waals surface area (Å²) in [7, 11) is 0. The minimum absolute atomic E-state index is 0.0153. The number of aromatic nitrogens is 1. The number of fused-ring (bicyclic) bond motifs is 10. The number of benzene rings is 8. The zero-order valence-electron chi connectivity index (χ0n) is 37.1. The molecule has 0 saturated heterocycles. The summed E-state index contributed by atoms with van der Waals surface area (Å²) in [6.45, 7) is 18.8. The average molecular weight is 799 g/mol. The molecule has 8 aromatic carbocycles. The van der Waals surface area contributed by atoms with Gasteiger partial charge in [0.25, 0.3) is 0 Å². The summed E-state index contributed by atoms with van der Waals surface area (Å²) in [6.07, 6.45) is 0. The highest BCUT2D eigenvalue weighted by atomic mass is 15.1. The third kappa shape index (κ3) is 5.24. The number of hydrogen-bond acceptors (Lipinski definition) is 1. The Bertz CT molecular complexity index is 3320. The van der Waals surface area contributed by atoms with Crippen LogP contribution in [0.15, 0.2) is 164 Å². The first kappa shape index (κ1) is 37.2. The van der Waals surface area contributed by atoms with Gasteiger partial charge in [-0.2, -0.15) is 0 Å². The van der Waals surface area contributed by atoms with Gasteiger partial charge < -0.3 is 9.38 Å². The van der Waals surface area contributed by atoms with Crippen molar-refractivity contribution in [3.05, 3.63) is 186 Å². The third-order valence-corrected chi connectivity index (χ3v) is 14.5. The highest BCUT2D eigenvalue weighted by Gasteiger charge is 2.46. The Hall–Kier alpha value is -6.58. The van der Waals surface area contributed by atoms with Gasteiger partial charge in [0, 0.05) is 38.8 Å². The maximum atomic E-state index is 2.71. The molecule has 1 aliphatic carbocycles. The quantitative estimate of drug-likeness (QED) is 0.162. The van der Waals surface area contributed by atoms with E-state index in [-0.39, 0.29) is 23.1 Å². The highest BCUT2D eigenvalue weighted by molar-refractivity contribution is 6.93. The van der Waals surface area contributed by atoms with Gasteiger partial charge in [-0.1, -0.05) is 165 Å². The first-order valence-corrected chi connectivity index (χ1v) is 22.4. The van der Waals surface area contributed by atoms with Gasteiger partial charge in [-0.3, -0.25) is 0 Å². The lowest BCUT2D eigenvalue weighted by atomic mass is 9.43. The number of rotatable bonds is 3. The van der Waals surface area contributed by atoms with Gasteiger partial charge in [-0.25, -0.2) is 0 Å². The van der Waals surface area contributed by atoms with Crippen molar-refractivity contribution in [2.24, 2.45) is 0 Å². The molecule has 0 amide bonds. The lowest BCUT2D eigenvalue weighted by Gasteiger charge is -2.43. The third-order valence-electron chi connectivity index (χ3n) is 14.5. The molecule has 2 nitrogen and oxygen atoms in total. The maximum Gasteiger partial charge on any atom is 0.333 e. The molecule has 300 valence electrons. The molecule has 3 heterocycles. The van der Waals surface area contributed by atoms with Gasteiger partial charge in [-0.05, 0) is 138 Å². The fourth-order valence-corrected chi connectivity index (χ4v) is 11.1. The van der Waals surface area contributed by atoms with Crippen LogP contribution in [0.4, 0.5) is 11.4 Å². The van der Waals surface area contributed by atoms with E-state index in [0.717, 1.165) is 0 Å². The van der Waals surface area contributed by atoms with Crippen LogP contribution in [0.25, 0.3) is 72.0 Å². The molecule has 0 unspecified atom stereocenters. The molecular formula is C59H51BN2. The first-order chi connectivity index (χ1) is 29.8. The van der Waals surface area contributed by atoms with Crippen molar-refractivity contribution in [1.82, 2.24) is 4.57 Å². The molecule has 0 atom stereocenters. The number of anilines is 2. The van der Waals surface area contributed by atoms with Crippen LogP contribution in [-0.4, -0.2) is 11.4 Å². The van der Waals surface area contributed by atoms with Crippen molar-refractivity contribution < 1.29 is 0 Å². The smallest absolute Gasteiger partial charge is 0.333 e. The molecule has 0 saturated carbocycles. The van der Waals surface area contributed by atoms with Crippen molar-refractivity contribution in [2.45, 2.75) is 71.6 Å². The van der Waals surface area contributed by atoms with Gasteiger partial charge in [0.15, 0.2) is 0 Å². The molecule has 0 N–H and O–H groups in total. The van der Waals surface area contributed by atoms with E-state index < -0.39 is 0 Å². The van der Waals surface area contributed by atoms with E-state index >= 15 is 0 Å². The van der Waals surface area contributed by atoms with Crippen molar-refractivity contribution in [3.63, 3.8) is 0 Å². The normalized spacial score (nSPS) is 14.5. The predicted molar refractivity (Wildman–Crippen MR) is 266 cm³/mol. The number of hydrogen-bond donors (Lipinski definition) is 0. The average Bonchev–Trinajstić information content (AvgIpc) is 3.72. The van der Waals surface area contributed by atoms with Crippen LogP contribution in [0.3, 0.4) is 0 Å². The summed E-state index contributed by atoms with van der Waals surface area (Å²) in [5.74, 6) is 0. The molecule has 3 aliphatic rings. The molecule has 2 aliphatic heterocycles. The lowest BCUT2D eigenvalue weighted by molar-refractivity contribution is 0.590. The van der Waals surface area contributed by atoms with Crippen LogP contribution in [0.1, 0.15) is 77.6 Å². The van der Waals surface area contributed by atoms with E-state index in [1.807, 2.05) is 0 Å². The predicted octanol–water partition coefficient (Wildman–Crippen LogP) is 14.3. The summed E-state index contributed by atoms with van der Waals surface area (Å²) in [4.78, 5) is 2.71. The molecule has 1 aromatic heterocycles. The standard InChI is InChI=1S/C59H51BN2/c1-57(2,3)40-25-28-52-45(31-40)48-32-41(58(4,5)6)33-51-56(48)61(52)54-30-39(37-19-13-10-14-20-37)29-47-46-34-44-43-21-15-16-22-49(43)59(7,8)50(44)35-53(46)62(60(51)55(47)54)42-26-23-38(24-27-42)36-17-11-9-12-18-36/h9-35H,1-8H3. The summed E-state index contributed by atoms with van der Waals surface area (Å²) in [5.41, 5.74) is 24.6. The Morgan fingerprint density at radius 2 is 1.08 bits per heavy atom. The van der Waals surface area contributed by atoms with E-state index in [1.165, 1.54) is 117 Å². The molecule has 12 rings (SSSR count). The molecule has 0 radical (unpaired) electrons. The van der Waals surface area contributed by atoms with Crippen LogP contribution >= 0.6 is 0 Å². The van der Waals surface area contributed by atoms with Gasteiger partial charge in [0.2, 0.25) is 0 Å². The van der Waals surface area contributed by atoms with Crippen LogP contribution in [0, 0.1) is 0 Å². The maximum absolute atomic E-state index is 2.71. The molecule has 0 fully saturated rings. The number of nitrogens with zero attached hydrogens (tertiary/aromatic N) is 2. The zero-order valence-corrected chi connectivity index (χ0v) is 37.1. The minimum atomic E-state index is -0.149. The molecule has 3 heteroatoms. The summed E-state index contributed by atoms with van der Waals surface area (Å²) >= 11 is 0. The Balaban J connectivity index is 1.24. The fraction of sp³-hybridized carbons (Fsp3) is 0.186. The Kier molecular flexibility index (Phi) is 7.65. The van der Waals surface area contributed by atoms with E-state index in [1.54, 1.807) is 0 Å². The second-order valence-electron chi connectivity index (χ2n) is 20.6. The lowest BCUT2D eigenvalue weighted by Crippen LogP contribution is -2.60. The largest absolute Gasteiger partial charge is 0.376 e. The molecular weight excluding hydrogens is 747 g/mol. The van der Waals surface area contributed by atoms with Crippen molar-refractivity contribution in [1.29, 1.82) is 0 Å². The van der Waals surface area contributed by atoms with Crippen LogP contribution < -0.4 is 15.7 Å². The van der Waals surface area contributed by atoms with Gasteiger partial charge in [0.05, 0.1) is 11.0 Å². The second-order valence-corrected chi connectivity index (χ2v) is 20.6. The molecule has 9 aromatic rings. The van der Waals surface area contributed by atoms with Gasteiger partial charge in [-0.15, -0.1) is 0 Å². The Labute approximate surface area is 366 Å². The van der Waals surface area contributed by atoms with Crippen LogP contribution in [0.5, 0.6) is 0 Å². The van der Waals surface area contributed by atoms with Gasteiger partial charge in [0.1, 0.15) is 0 Å². The van der Waals surface area contributed by atoms with E-state index in [9.17, 15) is 0 Å². The zero-order chi connectivity index (χ0) is 42.4. The SMILES string of the molecule is CC(C)(C)c1ccc2c(c1)c1cc(C(C)(C)C)cc3c1n2-c1cc(-c2ccccc2)cc2c1B3N(c1ccc(-c3ccccc3)cc1)c1cc3c(cc1-2)-c1ccccc1C3(C)C. The van der Waals surface area contributed by atoms with Crippen molar-refractivity contribution in [2.75, 3.05) is 4.81 Å². The van der Waals surface area contributed by atoms with Crippen molar-refractivity contribution >= 4 is 51.0 Å². The van der Waals surface area contributed by atoms with Crippen molar-refractivity contribution in [3.8, 4) is 50.2 Å². The monoisotopic (exact) mass is 798 g/mol.